The van der Waals surface area contributed by atoms with Crippen LogP contribution in [0.25, 0.3) is 0 Å². The second kappa shape index (κ2) is 4.65. The maximum absolute atomic E-state index is 10.7. The van der Waals surface area contributed by atoms with Crippen LogP contribution in [0.3, 0.4) is 0 Å². The van der Waals surface area contributed by atoms with E-state index in [0.717, 1.165) is 5.69 Å². The van der Waals surface area contributed by atoms with E-state index in [1.807, 2.05) is 19.3 Å². The summed E-state index contributed by atoms with van der Waals surface area (Å²) in [5.74, 6) is -0.512. The highest BCUT2D eigenvalue weighted by Crippen LogP contribution is 2.06. The molecule has 88 valence electrons. The first kappa shape index (κ1) is 11.1. The van der Waals surface area contributed by atoms with Gasteiger partial charge in [0.05, 0.1) is 12.2 Å². The number of rotatable bonds is 4. The van der Waals surface area contributed by atoms with Crippen molar-refractivity contribution in [1.29, 1.82) is 0 Å². The predicted octanol–water partition coefficient (Wildman–Crippen LogP) is 1.13. The summed E-state index contributed by atoms with van der Waals surface area (Å²) in [5, 5.41) is 16.0. The Hall–Kier alpha value is -2.37. The highest BCUT2D eigenvalue weighted by molar-refractivity contribution is 5.85. The van der Waals surface area contributed by atoms with Crippen molar-refractivity contribution in [3.05, 3.63) is 41.9 Å². The first-order valence-corrected chi connectivity index (χ1v) is 5.08. The molecule has 2 N–H and O–H groups in total. The van der Waals surface area contributed by atoms with Crippen molar-refractivity contribution in [3.8, 4) is 0 Å². The molecule has 0 bridgehead atoms. The number of carboxylic acid groups (broad SMARTS) is 1. The molecule has 2 rings (SSSR count). The molecule has 0 atom stereocenters. The first-order valence-electron chi connectivity index (χ1n) is 5.08. The largest absolute Gasteiger partial charge is 0.477 e. The summed E-state index contributed by atoms with van der Waals surface area (Å²) in [6.07, 6.45) is 1.85. The molecule has 0 aliphatic carbocycles. The van der Waals surface area contributed by atoms with Crippen LogP contribution in [0.15, 0.2) is 30.5 Å². The number of carbonyl (C=O) groups is 1. The lowest BCUT2D eigenvalue weighted by atomic mass is 10.3. The van der Waals surface area contributed by atoms with Crippen LogP contribution in [0, 0.1) is 0 Å². The molecule has 0 saturated carbocycles. The lowest BCUT2D eigenvalue weighted by Gasteiger charge is -2.03. The first-order chi connectivity index (χ1) is 8.15. The van der Waals surface area contributed by atoms with Gasteiger partial charge in [0, 0.05) is 13.2 Å². The number of aromatic carboxylic acids is 1. The minimum absolute atomic E-state index is 0.0241. The van der Waals surface area contributed by atoms with Gasteiger partial charge in [-0.15, -0.1) is 0 Å². The van der Waals surface area contributed by atoms with Crippen LogP contribution in [0.4, 0.5) is 5.82 Å². The molecule has 0 spiro atoms. The number of nitrogens with one attached hydrogen (secondary N) is 1. The third kappa shape index (κ3) is 2.81. The lowest BCUT2D eigenvalue weighted by Crippen LogP contribution is -2.06. The Bertz CT molecular complexity index is 536. The Morgan fingerprint density at radius 1 is 1.47 bits per heavy atom. The van der Waals surface area contributed by atoms with E-state index in [1.165, 1.54) is 6.07 Å². The van der Waals surface area contributed by atoms with Gasteiger partial charge < -0.3 is 10.4 Å². The number of nitrogens with zero attached hydrogens (tertiary/aromatic N) is 3. The molecule has 6 heteroatoms. The van der Waals surface area contributed by atoms with Crippen LogP contribution in [-0.2, 0) is 13.6 Å². The minimum atomic E-state index is -1.04. The maximum Gasteiger partial charge on any atom is 0.354 e. The predicted molar refractivity (Wildman–Crippen MR) is 61.7 cm³/mol. The van der Waals surface area contributed by atoms with E-state index in [0.29, 0.717) is 12.4 Å². The van der Waals surface area contributed by atoms with E-state index in [-0.39, 0.29) is 5.69 Å². The third-order valence-electron chi connectivity index (χ3n) is 2.19. The van der Waals surface area contributed by atoms with Gasteiger partial charge in [0.15, 0.2) is 5.69 Å². The number of hydrogen-bond acceptors (Lipinski definition) is 4. The van der Waals surface area contributed by atoms with E-state index in [2.05, 4.69) is 15.4 Å². The minimum Gasteiger partial charge on any atom is -0.477 e. The second-order valence-electron chi connectivity index (χ2n) is 3.55. The topological polar surface area (TPSA) is 80.0 Å². The van der Waals surface area contributed by atoms with E-state index in [1.54, 1.807) is 16.8 Å². The Morgan fingerprint density at radius 3 is 2.94 bits per heavy atom. The number of anilines is 1. The molecule has 0 amide bonds. The summed E-state index contributed by atoms with van der Waals surface area (Å²) < 4.78 is 1.71. The maximum atomic E-state index is 10.7. The molecule has 0 unspecified atom stereocenters. The fraction of sp³-hybridized carbons (Fsp3) is 0.182. The van der Waals surface area contributed by atoms with Crippen LogP contribution in [0.1, 0.15) is 16.2 Å². The number of aryl methyl sites for hydroxylation is 1. The van der Waals surface area contributed by atoms with Crippen LogP contribution in [0.5, 0.6) is 0 Å². The molecule has 0 aliphatic rings. The van der Waals surface area contributed by atoms with Crippen molar-refractivity contribution in [1.82, 2.24) is 14.8 Å². The summed E-state index contributed by atoms with van der Waals surface area (Å²) in [4.78, 5) is 14.7. The molecule has 2 aromatic heterocycles. The lowest BCUT2D eigenvalue weighted by molar-refractivity contribution is 0.0690. The zero-order valence-corrected chi connectivity index (χ0v) is 9.29. The van der Waals surface area contributed by atoms with Gasteiger partial charge in [-0.1, -0.05) is 6.07 Å². The number of hydrogen-bond donors (Lipinski definition) is 2. The van der Waals surface area contributed by atoms with Gasteiger partial charge in [-0.2, -0.15) is 5.10 Å². The van der Waals surface area contributed by atoms with Gasteiger partial charge in [0.1, 0.15) is 5.82 Å². The van der Waals surface area contributed by atoms with Crippen LogP contribution in [-0.4, -0.2) is 25.8 Å². The summed E-state index contributed by atoms with van der Waals surface area (Å²) >= 11 is 0. The van der Waals surface area contributed by atoms with Gasteiger partial charge in [-0.25, -0.2) is 9.78 Å². The average molecular weight is 232 g/mol. The smallest absolute Gasteiger partial charge is 0.354 e. The van der Waals surface area contributed by atoms with Crippen LogP contribution >= 0.6 is 0 Å². The summed E-state index contributed by atoms with van der Waals surface area (Å²) in [6.45, 7) is 0.511. The molecular weight excluding hydrogens is 220 g/mol. The number of aromatic nitrogens is 3. The summed E-state index contributed by atoms with van der Waals surface area (Å²) in [5.41, 5.74) is 0.894. The molecule has 17 heavy (non-hydrogen) atoms. The van der Waals surface area contributed by atoms with Crippen LogP contribution in [0.2, 0.25) is 0 Å². The van der Waals surface area contributed by atoms with Gasteiger partial charge in [-0.05, 0) is 18.2 Å². The molecule has 2 aromatic rings. The molecule has 2 heterocycles. The van der Waals surface area contributed by atoms with Crippen molar-refractivity contribution in [2.75, 3.05) is 5.32 Å². The Morgan fingerprint density at radius 2 is 2.29 bits per heavy atom. The highest BCUT2D eigenvalue weighted by Gasteiger charge is 2.05. The van der Waals surface area contributed by atoms with Crippen molar-refractivity contribution in [3.63, 3.8) is 0 Å². The monoisotopic (exact) mass is 232 g/mol. The SMILES string of the molecule is Cn1ccc(CNc2cccc(C(=O)O)n2)n1. The Kier molecular flexibility index (Phi) is 3.04. The molecular formula is C11H12N4O2. The highest BCUT2D eigenvalue weighted by atomic mass is 16.4. The summed E-state index contributed by atoms with van der Waals surface area (Å²) in [6, 6.07) is 6.70. The van der Waals surface area contributed by atoms with Gasteiger partial charge in [-0.3, -0.25) is 4.68 Å². The molecule has 0 aromatic carbocycles. The Labute approximate surface area is 97.9 Å². The summed E-state index contributed by atoms with van der Waals surface area (Å²) in [7, 11) is 1.84. The van der Waals surface area contributed by atoms with Gasteiger partial charge in [0.25, 0.3) is 0 Å². The average Bonchev–Trinajstić information content (AvgIpc) is 2.73. The molecule has 0 aliphatic heterocycles. The standard InChI is InChI=1S/C11H12N4O2/c1-15-6-5-8(14-15)7-12-10-4-2-3-9(13-10)11(16)17/h2-6H,7H2,1H3,(H,12,13)(H,16,17). The molecule has 0 fully saturated rings. The quantitative estimate of drug-likeness (QED) is 0.825. The number of pyridine rings is 1. The Balaban J connectivity index is 2.04. The van der Waals surface area contributed by atoms with E-state index < -0.39 is 5.97 Å². The molecule has 0 saturated heterocycles. The van der Waals surface area contributed by atoms with Gasteiger partial charge >= 0.3 is 5.97 Å². The van der Waals surface area contributed by atoms with E-state index in [4.69, 9.17) is 5.11 Å². The van der Waals surface area contributed by atoms with Crippen LogP contribution < -0.4 is 5.32 Å². The zero-order chi connectivity index (χ0) is 12.3. The molecule has 0 radical (unpaired) electrons. The fourth-order valence-electron chi connectivity index (χ4n) is 1.39. The van der Waals surface area contributed by atoms with E-state index in [9.17, 15) is 4.79 Å². The van der Waals surface area contributed by atoms with Crippen molar-refractivity contribution >= 4 is 11.8 Å². The number of carboxylic acids is 1. The fourth-order valence-corrected chi connectivity index (χ4v) is 1.39. The zero-order valence-electron chi connectivity index (χ0n) is 9.29. The van der Waals surface area contributed by atoms with Gasteiger partial charge in [0.2, 0.25) is 0 Å². The molecule has 6 nitrogen and oxygen atoms in total. The van der Waals surface area contributed by atoms with Crippen molar-refractivity contribution < 1.29 is 9.90 Å². The van der Waals surface area contributed by atoms with Crippen molar-refractivity contribution in [2.24, 2.45) is 7.05 Å². The third-order valence-corrected chi connectivity index (χ3v) is 2.19. The van der Waals surface area contributed by atoms with E-state index >= 15 is 0 Å². The normalized spacial score (nSPS) is 10.2. The van der Waals surface area contributed by atoms with Crippen molar-refractivity contribution in [2.45, 2.75) is 6.54 Å². The second-order valence-corrected chi connectivity index (χ2v) is 3.55.